The van der Waals surface area contributed by atoms with E-state index in [1.807, 2.05) is 18.7 Å². The second-order valence-electron chi connectivity index (χ2n) is 5.89. The number of sulfonamides is 1. The highest BCUT2D eigenvalue weighted by atomic mass is 32.2. The number of hydrogen-bond acceptors (Lipinski definition) is 4. The molecule has 0 amide bonds. The van der Waals surface area contributed by atoms with Gasteiger partial charge in [0.1, 0.15) is 0 Å². The van der Waals surface area contributed by atoms with Crippen LogP contribution in [-0.2, 0) is 36.5 Å². The largest absolute Gasteiger partial charge is 0.298 e. The number of aromatic nitrogens is 2. The molecule has 1 saturated heterocycles. The van der Waals surface area contributed by atoms with Crippen LogP contribution in [0.25, 0.3) is 0 Å². The molecule has 7 heteroatoms. The fourth-order valence-electron chi connectivity index (χ4n) is 3.31. The first-order valence-electron chi connectivity index (χ1n) is 8.17. The number of aryl methyl sites for hydroxylation is 2. The average molecular weight is 328 g/mol. The summed E-state index contributed by atoms with van der Waals surface area (Å²) in [6.45, 7) is 8.78. The normalized spacial score (nSPS) is 19.9. The van der Waals surface area contributed by atoms with Crippen molar-refractivity contribution in [3.05, 3.63) is 17.0 Å². The first-order valence-corrected chi connectivity index (χ1v) is 9.71. The van der Waals surface area contributed by atoms with Crippen LogP contribution in [0.2, 0.25) is 0 Å². The molecule has 1 aliphatic rings. The van der Waals surface area contributed by atoms with Gasteiger partial charge in [-0.15, -0.1) is 0 Å². The molecule has 2 rings (SSSR count). The predicted octanol–water partition coefficient (Wildman–Crippen LogP) is 1.06. The van der Waals surface area contributed by atoms with Gasteiger partial charge < -0.3 is 0 Å². The van der Waals surface area contributed by atoms with E-state index in [-0.39, 0.29) is 5.25 Å². The van der Waals surface area contributed by atoms with Crippen molar-refractivity contribution < 1.29 is 8.42 Å². The number of hydrogen-bond donors (Lipinski definition) is 1. The third kappa shape index (κ3) is 3.52. The molecule has 126 valence electrons. The van der Waals surface area contributed by atoms with Gasteiger partial charge in [0.15, 0.2) is 0 Å². The Labute approximate surface area is 133 Å². The quantitative estimate of drug-likeness (QED) is 0.813. The Morgan fingerprint density at radius 2 is 2.00 bits per heavy atom. The fraction of sp³-hybridized carbons (Fsp3) is 0.800. The third-order valence-corrected chi connectivity index (χ3v) is 6.38. The Bertz CT molecular complexity index is 609. The van der Waals surface area contributed by atoms with Gasteiger partial charge in [-0.05, 0) is 25.8 Å². The van der Waals surface area contributed by atoms with Gasteiger partial charge in [-0.2, -0.15) is 5.10 Å². The fourth-order valence-corrected chi connectivity index (χ4v) is 4.77. The lowest BCUT2D eigenvalue weighted by molar-refractivity contribution is 0.329. The molecule has 2 heterocycles. The summed E-state index contributed by atoms with van der Waals surface area (Å²) < 4.78 is 28.8. The summed E-state index contributed by atoms with van der Waals surface area (Å²) in [6.07, 6.45) is 2.57. The minimum absolute atomic E-state index is 0.292. The molecule has 0 spiro atoms. The molecule has 0 saturated carbocycles. The van der Waals surface area contributed by atoms with E-state index >= 15 is 0 Å². The summed E-state index contributed by atoms with van der Waals surface area (Å²) in [5, 5.41) is 4.31. The molecule has 1 atom stereocenters. The molecule has 1 N–H and O–H groups in total. The Hall–Kier alpha value is -0.920. The van der Waals surface area contributed by atoms with E-state index in [0.717, 1.165) is 31.6 Å². The van der Waals surface area contributed by atoms with Crippen LogP contribution in [0.1, 0.15) is 44.1 Å². The van der Waals surface area contributed by atoms with Crippen molar-refractivity contribution in [1.29, 1.82) is 0 Å². The van der Waals surface area contributed by atoms with Gasteiger partial charge in [-0.1, -0.05) is 20.8 Å². The van der Waals surface area contributed by atoms with Crippen LogP contribution in [0, 0.1) is 0 Å². The van der Waals surface area contributed by atoms with Crippen molar-refractivity contribution in [2.75, 3.05) is 19.6 Å². The van der Waals surface area contributed by atoms with E-state index in [0.29, 0.717) is 19.5 Å². The lowest BCUT2D eigenvalue weighted by atomic mass is 10.1. The highest BCUT2D eigenvalue weighted by Crippen LogP contribution is 2.22. The zero-order valence-electron chi connectivity index (χ0n) is 14.1. The summed E-state index contributed by atoms with van der Waals surface area (Å²) >= 11 is 0. The summed E-state index contributed by atoms with van der Waals surface area (Å²) in [5.74, 6) is 0. The maximum atomic E-state index is 12.1. The van der Waals surface area contributed by atoms with Crippen LogP contribution in [0.15, 0.2) is 0 Å². The van der Waals surface area contributed by atoms with Crippen LogP contribution in [0.4, 0.5) is 0 Å². The molecule has 0 radical (unpaired) electrons. The van der Waals surface area contributed by atoms with Gasteiger partial charge >= 0.3 is 0 Å². The molecule has 6 nitrogen and oxygen atoms in total. The molecule has 0 bridgehead atoms. The maximum absolute atomic E-state index is 12.1. The van der Waals surface area contributed by atoms with Gasteiger partial charge in [0, 0.05) is 37.9 Å². The lowest BCUT2D eigenvalue weighted by Gasteiger charge is -2.17. The summed E-state index contributed by atoms with van der Waals surface area (Å²) in [7, 11) is -1.18. The highest BCUT2D eigenvalue weighted by molar-refractivity contribution is 7.90. The van der Waals surface area contributed by atoms with Crippen LogP contribution < -0.4 is 4.72 Å². The zero-order valence-corrected chi connectivity index (χ0v) is 14.9. The average Bonchev–Trinajstić information content (AvgIpc) is 3.04. The van der Waals surface area contributed by atoms with E-state index in [9.17, 15) is 8.42 Å². The van der Waals surface area contributed by atoms with Crippen molar-refractivity contribution in [3.63, 3.8) is 0 Å². The van der Waals surface area contributed by atoms with Crippen LogP contribution >= 0.6 is 0 Å². The zero-order chi connectivity index (χ0) is 16.3. The SMILES string of the molecule is CCNS(=O)(=O)[C@H]1CCN(Cc2c(CC)nn(C)c2CC)C1. The van der Waals surface area contributed by atoms with Gasteiger partial charge in [0.2, 0.25) is 10.0 Å². The Kier molecular flexibility index (Phi) is 5.63. The van der Waals surface area contributed by atoms with E-state index in [4.69, 9.17) is 0 Å². The van der Waals surface area contributed by atoms with Gasteiger partial charge in [-0.3, -0.25) is 9.58 Å². The first kappa shape index (κ1) is 17.4. The van der Waals surface area contributed by atoms with Gasteiger partial charge in [0.25, 0.3) is 0 Å². The van der Waals surface area contributed by atoms with E-state index in [2.05, 4.69) is 28.6 Å². The highest BCUT2D eigenvalue weighted by Gasteiger charge is 2.33. The molecule has 22 heavy (non-hydrogen) atoms. The minimum atomic E-state index is -3.17. The topological polar surface area (TPSA) is 67.2 Å². The lowest BCUT2D eigenvalue weighted by Crippen LogP contribution is -2.36. The van der Waals surface area contributed by atoms with E-state index < -0.39 is 10.0 Å². The molecular formula is C15H28N4O2S. The van der Waals surface area contributed by atoms with E-state index in [1.54, 1.807) is 0 Å². The number of likely N-dealkylation sites (tertiary alicyclic amines) is 1. The molecule has 0 aliphatic carbocycles. The predicted molar refractivity (Wildman–Crippen MR) is 88.2 cm³/mol. The van der Waals surface area contributed by atoms with Crippen molar-refractivity contribution in [2.45, 2.75) is 51.8 Å². The molecule has 1 fully saturated rings. The smallest absolute Gasteiger partial charge is 0.215 e. The maximum Gasteiger partial charge on any atom is 0.215 e. The molecule has 0 unspecified atom stereocenters. The van der Waals surface area contributed by atoms with E-state index in [1.165, 1.54) is 11.3 Å². The van der Waals surface area contributed by atoms with Crippen molar-refractivity contribution in [3.8, 4) is 0 Å². The third-order valence-electron chi connectivity index (χ3n) is 4.42. The van der Waals surface area contributed by atoms with Crippen LogP contribution in [0.5, 0.6) is 0 Å². The van der Waals surface area contributed by atoms with Crippen LogP contribution in [-0.4, -0.2) is 48.0 Å². The standard InChI is InChI=1S/C15H28N4O2S/c1-5-14-13(15(6-2)18(4)17-14)11-19-9-8-12(10-19)22(20,21)16-7-3/h12,16H,5-11H2,1-4H3/t12-/m0/s1. The summed E-state index contributed by atoms with van der Waals surface area (Å²) in [5.41, 5.74) is 3.68. The molecule has 1 aromatic rings. The monoisotopic (exact) mass is 328 g/mol. The summed E-state index contributed by atoms with van der Waals surface area (Å²) in [6, 6.07) is 0. The second-order valence-corrected chi connectivity index (χ2v) is 7.94. The van der Waals surface area contributed by atoms with Gasteiger partial charge in [-0.25, -0.2) is 13.1 Å². The van der Waals surface area contributed by atoms with Crippen molar-refractivity contribution in [1.82, 2.24) is 19.4 Å². The Balaban J connectivity index is 2.11. The van der Waals surface area contributed by atoms with Crippen molar-refractivity contribution in [2.24, 2.45) is 7.05 Å². The van der Waals surface area contributed by atoms with Crippen molar-refractivity contribution >= 4 is 10.0 Å². The Morgan fingerprint density at radius 3 is 2.59 bits per heavy atom. The molecular weight excluding hydrogens is 300 g/mol. The number of nitrogens with zero attached hydrogens (tertiary/aromatic N) is 3. The number of rotatable bonds is 7. The number of nitrogens with one attached hydrogen (secondary N) is 1. The van der Waals surface area contributed by atoms with Gasteiger partial charge in [0.05, 0.1) is 10.9 Å². The summed E-state index contributed by atoms with van der Waals surface area (Å²) in [4.78, 5) is 2.24. The van der Waals surface area contributed by atoms with Crippen LogP contribution in [0.3, 0.4) is 0 Å². The first-order chi connectivity index (χ1) is 10.4. The Morgan fingerprint density at radius 1 is 1.27 bits per heavy atom. The molecule has 1 aromatic heterocycles. The molecule has 1 aliphatic heterocycles. The molecule has 0 aromatic carbocycles. The second kappa shape index (κ2) is 7.10. The minimum Gasteiger partial charge on any atom is -0.298 e.